The molecule has 0 N–H and O–H groups in total. The molecule has 0 atom stereocenters. The number of nitrogens with zero attached hydrogens (tertiary/aromatic N) is 3. The minimum Gasteiger partial charge on any atom is -0.291 e. The van der Waals surface area contributed by atoms with E-state index in [-0.39, 0.29) is 0 Å². The molecule has 0 radical (unpaired) electrons. The molecule has 3 rings (SSSR count). The van der Waals surface area contributed by atoms with Crippen LogP contribution in [0.25, 0.3) is 0 Å². The lowest BCUT2D eigenvalue weighted by Crippen LogP contribution is -2.46. The molecule has 1 aromatic rings. The molecule has 1 heterocycles. The minimum atomic E-state index is -0.471. The van der Waals surface area contributed by atoms with Crippen molar-refractivity contribution in [3.05, 3.63) is 28.2 Å². The van der Waals surface area contributed by atoms with Crippen molar-refractivity contribution in [2.24, 2.45) is 0 Å². The molecule has 126 valence electrons. The van der Waals surface area contributed by atoms with Crippen LogP contribution in [0.1, 0.15) is 48.9 Å². The molecule has 1 aliphatic heterocycles. The Bertz CT molecular complexity index is 692. The Labute approximate surface area is 150 Å². The summed E-state index contributed by atoms with van der Waals surface area (Å²) < 4.78 is 0.790. The van der Waals surface area contributed by atoms with E-state index < -0.39 is 11.7 Å². The van der Waals surface area contributed by atoms with Crippen molar-refractivity contribution < 1.29 is 9.59 Å². The Morgan fingerprint density at radius 1 is 1.25 bits per heavy atom. The van der Waals surface area contributed by atoms with Gasteiger partial charge in [-0.05, 0) is 31.0 Å². The summed E-state index contributed by atoms with van der Waals surface area (Å²) in [6.45, 7) is 1.01. The number of ketones is 1. The molecule has 0 aromatic heterocycles. The van der Waals surface area contributed by atoms with Crippen LogP contribution in [0.2, 0.25) is 0 Å². The van der Waals surface area contributed by atoms with Crippen LogP contribution in [0, 0.1) is 11.3 Å². The molecular formula is C18H20BrN3O2. The third-order valence-corrected chi connectivity index (χ3v) is 5.35. The number of halogens is 1. The van der Waals surface area contributed by atoms with Crippen LogP contribution in [-0.4, -0.2) is 35.8 Å². The number of anilines is 1. The molecular weight excluding hydrogens is 370 g/mol. The number of amides is 1. The van der Waals surface area contributed by atoms with Gasteiger partial charge in [0.15, 0.2) is 0 Å². The van der Waals surface area contributed by atoms with Crippen molar-refractivity contribution in [3.63, 3.8) is 0 Å². The second-order valence-corrected chi connectivity index (χ2v) is 7.29. The van der Waals surface area contributed by atoms with Crippen molar-refractivity contribution in [2.45, 2.75) is 44.6 Å². The van der Waals surface area contributed by atoms with E-state index in [1.807, 2.05) is 12.1 Å². The molecule has 24 heavy (non-hydrogen) atoms. The maximum Gasteiger partial charge on any atom is 0.300 e. The van der Waals surface area contributed by atoms with Gasteiger partial charge in [0, 0.05) is 23.5 Å². The summed E-state index contributed by atoms with van der Waals surface area (Å²) in [4.78, 5) is 28.4. The molecule has 1 aromatic carbocycles. The second-order valence-electron chi connectivity index (χ2n) is 6.38. The first-order valence-electron chi connectivity index (χ1n) is 8.38. The van der Waals surface area contributed by atoms with E-state index in [0.29, 0.717) is 36.9 Å². The standard InChI is InChI=1S/C18H20BrN3O2/c19-13-7-8-16-15(11-13)17(23)18(24)22(16)12-21(10-4-9-20)14-5-2-1-3-6-14/h7-8,11,14H,1-6,10,12H2. The Balaban J connectivity index is 1.83. The maximum absolute atomic E-state index is 12.4. The summed E-state index contributed by atoms with van der Waals surface area (Å²) in [5, 5.41) is 8.94. The van der Waals surface area contributed by atoms with Crippen LogP contribution in [0.3, 0.4) is 0 Å². The van der Waals surface area contributed by atoms with Crippen molar-refractivity contribution in [2.75, 3.05) is 18.1 Å². The molecule has 1 amide bonds. The smallest absolute Gasteiger partial charge is 0.291 e. The van der Waals surface area contributed by atoms with Crippen LogP contribution >= 0.6 is 15.9 Å². The summed E-state index contributed by atoms with van der Waals surface area (Å²) in [5.74, 6) is -0.920. The zero-order valence-corrected chi connectivity index (χ0v) is 15.1. The SMILES string of the molecule is N#CCCN(CN1C(=O)C(=O)c2cc(Br)ccc21)C1CCCCC1. The highest BCUT2D eigenvalue weighted by Gasteiger charge is 2.37. The van der Waals surface area contributed by atoms with Gasteiger partial charge in [-0.25, -0.2) is 0 Å². The zero-order valence-electron chi connectivity index (χ0n) is 13.5. The van der Waals surface area contributed by atoms with Gasteiger partial charge in [-0.1, -0.05) is 35.2 Å². The highest BCUT2D eigenvalue weighted by atomic mass is 79.9. The molecule has 1 fully saturated rings. The Morgan fingerprint density at radius 2 is 2.00 bits per heavy atom. The maximum atomic E-state index is 12.4. The number of benzene rings is 1. The Morgan fingerprint density at radius 3 is 2.71 bits per heavy atom. The first-order chi connectivity index (χ1) is 11.6. The molecule has 0 unspecified atom stereocenters. The van der Waals surface area contributed by atoms with Gasteiger partial charge < -0.3 is 0 Å². The molecule has 1 aliphatic carbocycles. The van der Waals surface area contributed by atoms with Crippen molar-refractivity contribution >= 4 is 33.3 Å². The summed E-state index contributed by atoms with van der Waals surface area (Å²) in [6, 6.07) is 7.93. The zero-order chi connectivity index (χ0) is 17.1. The summed E-state index contributed by atoms with van der Waals surface area (Å²) in [5.41, 5.74) is 1.13. The number of carbonyl (C=O) groups excluding carboxylic acids is 2. The fraction of sp³-hybridized carbons (Fsp3) is 0.500. The van der Waals surface area contributed by atoms with Crippen LogP contribution in [0.15, 0.2) is 22.7 Å². The number of rotatable bonds is 5. The van der Waals surface area contributed by atoms with Gasteiger partial charge in [0.25, 0.3) is 5.78 Å². The van der Waals surface area contributed by atoms with Crippen LogP contribution in [0.4, 0.5) is 5.69 Å². The topological polar surface area (TPSA) is 64.4 Å². The Kier molecular flexibility index (Phi) is 5.32. The van der Waals surface area contributed by atoms with Gasteiger partial charge in [0.1, 0.15) is 0 Å². The first-order valence-corrected chi connectivity index (χ1v) is 9.18. The number of hydrogen-bond acceptors (Lipinski definition) is 4. The average molecular weight is 390 g/mol. The largest absolute Gasteiger partial charge is 0.300 e. The van der Waals surface area contributed by atoms with Gasteiger partial charge in [0.05, 0.1) is 24.0 Å². The van der Waals surface area contributed by atoms with E-state index in [9.17, 15) is 9.59 Å². The highest BCUT2D eigenvalue weighted by Crippen LogP contribution is 2.32. The molecule has 0 bridgehead atoms. The lowest BCUT2D eigenvalue weighted by molar-refractivity contribution is -0.114. The highest BCUT2D eigenvalue weighted by molar-refractivity contribution is 9.10. The third-order valence-electron chi connectivity index (χ3n) is 4.86. The van der Waals surface area contributed by atoms with Crippen LogP contribution in [-0.2, 0) is 4.79 Å². The normalized spacial score (nSPS) is 18.1. The average Bonchev–Trinajstić information content (AvgIpc) is 2.83. The van der Waals surface area contributed by atoms with E-state index in [4.69, 9.17) is 5.26 Å². The number of nitriles is 1. The predicted octanol–water partition coefficient (Wildman–Crippen LogP) is 3.48. The minimum absolute atomic E-state index is 0.381. The van der Waals surface area contributed by atoms with E-state index in [2.05, 4.69) is 26.9 Å². The quantitative estimate of drug-likeness (QED) is 0.722. The monoisotopic (exact) mass is 389 g/mol. The lowest BCUT2D eigenvalue weighted by Gasteiger charge is -2.36. The second kappa shape index (κ2) is 7.45. The van der Waals surface area contributed by atoms with Crippen molar-refractivity contribution in [3.8, 4) is 6.07 Å². The summed E-state index contributed by atoms with van der Waals surface area (Å²) in [7, 11) is 0. The van der Waals surface area contributed by atoms with Crippen molar-refractivity contribution in [1.29, 1.82) is 5.26 Å². The third kappa shape index (κ3) is 3.38. The molecule has 2 aliphatic rings. The van der Waals surface area contributed by atoms with E-state index in [1.54, 1.807) is 11.0 Å². The number of fused-ring (bicyclic) bond motifs is 1. The van der Waals surface area contributed by atoms with E-state index >= 15 is 0 Å². The number of hydrogen-bond donors (Lipinski definition) is 0. The van der Waals surface area contributed by atoms with E-state index in [1.165, 1.54) is 19.3 Å². The molecule has 0 spiro atoms. The first kappa shape index (κ1) is 17.1. The van der Waals surface area contributed by atoms with Gasteiger partial charge >= 0.3 is 5.91 Å². The fourth-order valence-corrected chi connectivity index (χ4v) is 3.96. The number of Topliss-reactive ketones (excluding diaryl/α,β-unsaturated/α-hetero) is 1. The summed E-state index contributed by atoms with van der Waals surface area (Å²) >= 11 is 3.35. The van der Waals surface area contributed by atoms with Crippen LogP contribution < -0.4 is 4.90 Å². The van der Waals surface area contributed by atoms with Gasteiger partial charge in [0.2, 0.25) is 0 Å². The van der Waals surface area contributed by atoms with Crippen LogP contribution in [0.5, 0.6) is 0 Å². The van der Waals surface area contributed by atoms with E-state index in [0.717, 1.165) is 17.3 Å². The molecule has 1 saturated carbocycles. The van der Waals surface area contributed by atoms with Gasteiger partial charge in [-0.3, -0.25) is 19.4 Å². The Hall–Kier alpha value is -1.71. The molecule has 0 saturated heterocycles. The van der Waals surface area contributed by atoms with Gasteiger partial charge in [-0.2, -0.15) is 5.26 Å². The molecule has 5 nitrogen and oxygen atoms in total. The predicted molar refractivity (Wildman–Crippen MR) is 94.6 cm³/mol. The number of carbonyl (C=O) groups is 2. The molecule has 6 heteroatoms. The lowest BCUT2D eigenvalue weighted by atomic mass is 9.94. The van der Waals surface area contributed by atoms with Crippen molar-refractivity contribution in [1.82, 2.24) is 4.90 Å². The summed E-state index contributed by atoms with van der Waals surface area (Å²) in [6.07, 6.45) is 6.23. The van der Waals surface area contributed by atoms with Gasteiger partial charge in [-0.15, -0.1) is 0 Å². The fourth-order valence-electron chi connectivity index (χ4n) is 3.60.